The molecular formula is C35H29F3N4O3. The fraction of sp³-hybridized carbons (Fsp3) is 0.171. The number of hydrogen-bond donors (Lipinski definition) is 2. The Morgan fingerprint density at radius 3 is 2.33 bits per heavy atom. The van der Waals surface area contributed by atoms with Crippen LogP contribution in [0.3, 0.4) is 0 Å². The number of alkyl halides is 2. The van der Waals surface area contributed by atoms with Crippen molar-refractivity contribution in [1.29, 1.82) is 0 Å². The molecule has 0 atom stereocenters. The zero-order valence-corrected chi connectivity index (χ0v) is 24.1. The number of benzene rings is 3. The summed E-state index contributed by atoms with van der Waals surface area (Å²) in [6.07, 6.45) is 3.92. The van der Waals surface area contributed by atoms with Crippen LogP contribution in [0, 0.1) is 5.82 Å². The van der Waals surface area contributed by atoms with E-state index >= 15 is 0 Å². The minimum atomic E-state index is -2.73. The molecule has 1 saturated heterocycles. The van der Waals surface area contributed by atoms with Crippen molar-refractivity contribution in [3.05, 3.63) is 114 Å². The zero-order valence-electron chi connectivity index (χ0n) is 24.1. The molecule has 5 aromatic rings. The highest BCUT2D eigenvalue weighted by Gasteiger charge is 2.35. The lowest BCUT2D eigenvalue weighted by Crippen LogP contribution is -2.42. The fourth-order valence-corrected chi connectivity index (χ4v) is 5.25. The first-order chi connectivity index (χ1) is 21.6. The van der Waals surface area contributed by atoms with E-state index in [1.54, 1.807) is 48.7 Å². The van der Waals surface area contributed by atoms with Crippen LogP contribution >= 0.6 is 0 Å². The van der Waals surface area contributed by atoms with Crippen LogP contribution in [0.5, 0.6) is 0 Å². The molecule has 0 unspecified atom stereocenters. The number of nitrogens with zero attached hydrogens (tertiary/aromatic N) is 2. The highest BCUT2D eigenvalue weighted by Crippen LogP contribution is 2.36. The smallest absolute Gasteiger partial charge is 0.253 e. The van der Waals surface area contributed by atoms with Crippen LogP contribution in [0.4, 0.5) is 19.0 Å². The van der Waals surface area contributed by atoms with Gasteiger partial charge in [0.2, 0.25) is 5.91 Å². The van der Waals surface area contributed by atoms with E-state index in [4.69, 9.17) is 10.2 Å². The van der Waals surface area contributed by atoms with Crippen molar-refractivity contribution in [3.8, 4) is 22.3 Å². The van der Waals surface area contributed by atoms with Gasteiger partial charge < -0.3 is 20.4 Å². The molecule has 7 nitrogen and oxygen atoms in total. The number of fused-ring (bicyclic) bond motifs is 1. The van der Waals surface area contributed by atoms with Gasteiger partial charge in [0, 0.05) is 54.7 Å². The van der Waals surface area contributed by atoms with Crippen molar-refractivity contribution in [2.45, 2.75) is 25.3 Å². The van der Waals surface area contributed by atoms with Gasteiger partial charge in [-0.1, -0.05) is 24.3 Å². The summed E-state index contributed by atoms with van der Waals surface area (Å²) in [5, 5.41) is 3.58. The number of halogens is 3. The van der Waals surface area contributed by atoms with Gasteiger partial charge in [0.25, 0.3) is 11.8 Å². The summed E-state index contributed by atoms with van der Waals surface area (Å²) in [7, 11) is 0. The SMILES string of the molecule is Nc1ccc(C=CC(=O)NCc2cc3cc(-c4ccc(C(=O)N5CCC(F)(F)CC5)cc4)cc(-c4ccc(F)cc4)c3o2)cn1. The maximum Gasteiger partial charge on any atom is 0.253 e. The monoisotopic (exact) mass is 610 g/mol. The van der Waals surface area contributed by atoms with E-state index in [-0.39, 0.29) is 50.1 Å². The van der Waals surface area contributed by atoms with Crippen LogP contribution in [0.25, 0.3) is 39.3 Å². The number of hydrogen-bond acceptors (Lipinski definition) is 5. The third-order valence-corrected chi connectivity index (χ3v) is 7.74. The summed E-state index contributed by atoms with van der Waals surface area (Å²) >= 11 is 0. The van der Waals surface area contributed by atoms with Gasteiger partial charge in [0.1, 0.15) is 23.0 Å². The second-order valence-corrected chi connectivity index (χ2v) is 11.0. The summed E-state index contributed by atoms with van der Waals surface area (Å²) in [4.78, 5) is 30.8. The number of furan rings is 1. The summed E-state index contributed by atoms with van der Waals surface area (Å²) in [5.41, 5.74) is 10.4. The molecule has 0 radical (unpaired) electrons. The summed E-state index contributed by atoms with van der Waals surface area (Å²) < 4.78 is 47.1. The first-order valence-electron chi connectivity index (χ1n) is 14.4. The second-order valence-electron chi connectivity index (χ2n) is 11.0. The molecule has 1 aliphatic rings. The Balaban J connectivity index is 1.24. The number of piperidine rings is 1. The van der Waals surface area contributed by atoms with Crippen LogP contribution < -0.4 is 11.1 Å². The third-order valence-electron chi connectivity index (χ3n) is 7.74. The number of rotatable bonds is 7. The van der Waals surface area contributed by atoms with E-state index in [1.807, 2.05) is 30.3 Å². The quantitative estimate of drug-likeness (QED) is 0.192. The lowest BCUT2D eigenvalue weighted by Gasteiger charge is -2.31. The van der Waals surface area contributed by atoms with Gasteiger partial charge in [-0.2, -0.15) is 0 Å². The Hall–Kier alpha value is -5.38. The number of carbonyl (C=O) groups is 2. The molecule has 6 rings (SSSR count). The second kappa shape index (κ2) is 12.3. The average molecular weight is 611 g/mol. The molecule has 45 heavy (non-hydrogen) atoms. The third kappa shape index (κ3) is 6.90. The number of carbonyl (C=O) groups excluding carboxylic acids is 2. The molecule has 3 heterocycles. The normalized spacial score (nSPS) is 14.6. The highest BCUT2D eigenvalue weighted by molar-refractivity contribution is 5.98. The lowest BCUT2D eigenvalue weighted by atomic mass is 9.96. The molecule has 3 N–H and O–H groups in total. The minimum absolute atomic E-state index is 0.0188. The van der Waals surface area contributed by atoms with E-state index in [9.17, 15) is 22.8 Å². The highest BCUT2D eigenvalue weighted by atomic mass is 19.3. The van der Waals surface area contributed by atoms with Crippen LogP contribution in [0.15, 0.2) is 95.6 Å². The number of nitrogens with two attached hydrogens (primary N) is 1. The Morgan fingerprint density at radius 1 is 0.933 bits per heavy atom. The zero-order chi connectivity index (χ0) is 31.6. The van der Waals surface area contributed by atoms with Gasteiger partial charge in [-0.3, -0.25) is 9.59 Å². The molecule has 0 spiro atoms. The molecule has 1 fully saturated rings. The standard InChI is InChI=1S/C35H29F3N4O3/c36-28-9-7-24(8-10-28)30-19-26(23-3-5-25(6-4-23)34(44)42-15-13-35(37,38)14-16-42)17-27-18-29(45-33(27)30)21-41-32(43)12-2-22-1-11-31(39)40-20-22/h1-12,17-20H,13-16,21H2,(H2,39,40)(H,41,43). The van der Waals surface area contributed by atoms with Gasteiger partial charge in [0.15, 0.2) is 0 Å². The minimum Gasteiger partial charge on any atom is -0.459 e. The van der Waals surface area contributed by atoms with Gasteiger partial charge in [-0.15, -0.1) is 0 Å². The van der Waals surface area contributed by atoms with Crippen LogP contribution in [-0.2, 0) is 11.3 Å². The predicted molar refractivity (Wildman–Crippen MR) is 167 cm³/mol. The van der Waals surface area contributed by atoms with Crippen LogP contribution in [0.2, 0.25) is 0 Å². The van der Waals surface area contributed by atoms with Crippen molar-refractivity contribution in [3.63, 3.8) is 0 Å². The van der Waals surface area contributed by atoms with E-state index in [0.29, 0.717) is 22.7 Å². The predicted octanol–water partition coefficient (Wildman–Crippen LogP) is 7.08. The van der Waals surface area contributed by atoms with E-state index < -0.39 is 5.92 Å². The number of anilines is 1. The topological polar surface area (TPSA) is 101 Å². The van der Waals surface area contributed by atoms with Crippen molar-refractivity contribution in [2.24, 2.45) is 0 Å². The van der Waals surface area contributed by atoms with Crippen LogP contribution in [0.1, 0.15) is 34.5 Å². The molecule has 1 aliphatic heterocycles. The van der Waals surface area contributed by atoms with Crippen molar-refractivity contribution in [1.82, 2.24) is 15.2 Å². The number of nitrogens with one attached hydrogen (secondary N) is 1. The molecule has 10 heteroatoms. The first kappa shape index (κ1) is 29.7. The van der Waals surface area contributed by atoms with Crippen LogP contribution in [-0.4, -0.2) is 40.7 Å². The Bertz CT molecular complexity index is 1870. The maximum absolute atomic E-state index is 13.8. The summed E-state index contributed by atoms with van der Waals surface area (Å²) in [6, 6.07) is 22.2. The first-order valence-corrected chi connectivity index (χ1v) is 14.4. The maximum atomic E-state index is 13.8. The van der Waals surface area contributed by atoms with Gasteiger partial charge in [-0.25, -0.2) is 18.2 Å². The van der Waals surface area contributed by atoms with E-state index in [2.05, 4.69) is 10.3 Å². The summed E-state index contributed by atoms with van der Waals surface area (Å²) in [5.74, 6) is -2.78. The summed E-state index contributed by atoms with van der Waals surface area (Å²) in [6.45, 7) is 0.172. The number of likely N-dealkylation sites (tertiary alicyclic amines) is 1. The Morgan fingerprint density at radius 2 is 1.64 bits per heavy atom. The molecule has 0 saturated carbocycles. The van der Waals surface area contributed by atoms with Gasteiger partial charge in [0.05, 0.1) is 6.54 Å². The molecular weight excluding hydrogens is 581 g/mol. The lowest BCUT2D eigenvalue weighted by molar-refractivity contribution is -0.116. The van der Waals surface area contributed by atoms with Crippen molar-refractivity contribution in [2.75, 3.05) is 18.8 Å². The molecule has 2 amide bonds. The molecule has 3 aromatic carbocycles. The Kier molecular flexibility index (Phi) is 8.12. The number of pyridine rings is 1. The molecule has 0 bridgehead atoms. The van der Waals surface area contributed by atoms with Crippen molar-refractivity contribution >= 4 is 34.7 Å². The number of nitrogen functional groups attached to an aromatic ring is 1. The largest absolute Gasteiger partial charge is 0.459 e. The Labute approximate surface area is 257 Å². The average Bonchev–Trinajstić information content (AvgIpc) is 3.46. The molecule has 2 aromatic heterocycles. The van der Waals surface area contributed by atoms with Gasteiger partial charge in [-0.05, 0) is 82.9 Å². The van der Waals surface area contributed by atoms with E-state index in [0.717, 1.165) is 33.2 Å². The van der Waals surface area contributed by atoms with Gasteiger partial charge >= 0.3 is 0 Å². The van der Waals surface area contributed by atoms with Crippen molar-refractivity contribution < 1.29 is 27.2 Å². The number of amides is 2. The fourth-order valence-electron chi connectivity index (χ4n) is 5.25. The molecule has 228 valence electrons. The number of aromatic nitrogens is 1. The molecule has 0 aliphatic carbocycles. The van der Waals surface area contributed by atoms with E-state index in [1.165, 1.54) is 23.1 Å².